The second kappa shape index (κ2) is 18.4. The summed E-state index contributed by atoms with van der Waals surface area (Å²) in [6.07, 6.45) is 7.04. The highest BCUT2D eigenvalue weighted by Gasteiger charge is 2.33. The van der Waals surface area contributed by atoms with Crippen molar-refractivity contribution in [3.8, 4) is 0 Å². The van der Waals surface area contributed by atoms with Crippen molar-refractivity contribution in [2.75, 3.05) is 61.5 Å². The normalized spacial score (nSPS) is 12.5. The Balaban J connectivity index is 0.989. The van der Waals surface area contributed by atoms with Crippen LogP contribution < -0.4 is 25.8 Å². The summed E-state index contributed by atoms with van der Waals surface area (Å²) < 4.78 is 3.81. The maximum absolute atomic E-state index is 14.1. The Kier molecular flexibility index (Phi) is 12.7. The number of azo groups is 2. The Morgan fingerprint density at radius 1 is 0.732 bits per heavy atom. The quantitative estimate of drug-likeness (QED) is 0.0257. The number of anilines is 4. The molecule has 0 fully saturated rings. The van der Waals surface area contributed by atoms with Gasteiger partial charge in [0.15, 0.2) is 11.6 Å². The number of aliphatic imine (C=N–C) groups is 1. The highest BCUT2D eigenvalue weighted by atomic mass is 16.1. The maximum Gasteiger partial charge on any atom is 0.421 e. The minimum Gasteiger partial charge on any atom is -0.385 e. The Morgan fingerprint density at radius 2 is 1.25 bits per heavy atom. The predicted octanol–water partition coefficient (Wildman–Crippen LogP) is 8.01. The van der Waals surface area contributed by atoms with E-state index in [4.69, 9.17) is 0 Å². The lowest BCUT2D eigenvalue weighted by Gasteiger charge is -2.23. The third kappa shape index (κ3) is 9.21. The van der Waals surface area contributed by atoms with Crippen LogP contribution in [0, 0.1) is 0 Å². The second-order valence-electron chi connectivity index (χ2n) is 13.2. The van der Waals surface area contributed by atoms with Crippen molar-refractivity contribution in [2.45, 2.75) is 12.8 Å². The zero-order valence-corrected chi connectivity index (χ0v) is 32.2. The fourth-order valence-corrected chi connectivity index (χ4v) is 6.20. The van der Waals surface area contributed by atoms with Gasteiger partial charge in [-0.2, -0.15) is 0 Å². The van der Waals surface area contributed by atoms with Crippen LogP contribution in [0.3, 0.4) is 0 Å². The first-order chi connectivity index (χ1) is 27.3. The molecule has 56 heavy (non-hydrogen) atoms. The van der Waals surface area contributed by atoms with Crippen LogP contribution >= 0.6 is 0 Å². The fourth-order valence-electron chi connectivity index (χ4n) is 6.20. The van der Waals surface area contributed by atoms with Crippen LogP contribution in [0.2, 0.25) is 0 Å². The molecule has 14 nitrogen and oxygen atoms in total. The van der Waals surface area contributed by atoms with Crippen LogP contribution in [-0.2, 0) is 14.1 Å². The van der Waals surface area contributed by atoms with Gasteiger partial charge < -0.3 is 26.2 Å². The van der Waals surface area contributed by atoms with E-state index in [1.165, 1.54) is 0 Å². The van der Waals surface area contributed by atoms with Gasteiger partial charge in [0.1, 0.15) is 5.69 Å². The topological polar surface area (TPSA) is 156 Å². The van der Waals surface area contributed by atoms with Crippen LogP contribution in [-0.4, -0.2) is 67.3 Å². The Hall–Kier alpha value is -6.96. The number of hydrogen-bond acceptors (Lipinski definition) is 10. The molecule has 1 aliphatic rings. The average Bonchev–Trinajstić information content (AvgIpc) is 3.55. The molecule has 14 heteroatoms. The highest BCUT2D eigenvalue weighted by Crippen LogP contribution is 2.35. The van der Waals surface area contributed by atoms with Crippen molar-refractivity contribution in [3.63, 3.8) is 0 Å². The number of hydrogen-bond donors (Lipinski definition) is 4. The first kappa shape index (κ1) is 38.8. The molecule has 1 heterocycles. The van der Waals surface area contributed by atoms with Gasteiger partial charge in [-0.25, -0.2) is 9.13 Å². The molecule has 4 N–H and O–H groups in total. The number of imidazole rings is 1. The van der Waals surface area contributed by atoms with Crippen molar-refractivity contribution in [1.82, 2.24) is 9.47 Å². The number of rotatable bonds is 16. The van der Waals surface area contributed by atoms with E-state index in [0.717, 1.165) is 35.9 Å². The summed E-state index contributed by atoms with van der Waals surface area (Å²) in [6.45, 7) is 6.34. The van der Waals surface area contributed by atoms with Gasteiger partial charge in [-0.1, -0.05) is 36.0 Å². The number of guanidine groups is 1. The highest BCUT2D eigenvalue weighted by molar-refractivity contribution is 6.31. The molecule has 0 atom stereocenters. The number of nitrogens with one attached hydrogen (secondary N) is 4. The van der Waals surface area contributed by atoms with Gasteiger partial charge in [-0.3, -0.25) is 14.6 Å². The summed E-state index contributed by atoms with van der Waals surface area (Å²) >= 11 is 0. The van der Waals surface area contributed by atoms with E-state index in [-0.39, 0.29) is 11.6 Å². The number of aryl methyl sites for hydroxylation is 2. The van der Waals surface area contributed by atoms with Crippen LogP contribution in [0.1, 0.15) is 44.7 Å². The molecular weight excluding hydrogens is 705 g/mol. The molecule has 6 rings (SSSR count). The van der Waals surface area contributed by atoms with Gasteiger partial charge in [0.2, 0.25) is 5.96 Å². The fraction of sp³-hybridized carbons (Fsp3) is 0.238. The molecule has 1 aliphatic carbocycles. The lowest BCUT2D eigenvalue weighted by Crippen LogP contribution is -2.25. The molecule has 1 aromatic heterocycles. The summed E-state index contributed by atoms with van der Waals surface area (Å²) in [7, 11) is 7.32. The standard InChI is InChI=1S/C42H46N12O2/c1-6-52(3)41(43-2)50-48-31-19-15-29(16-20-31)44-23-9-25-46-35-13-7-11-33-37(35)40(56)38-34(39(33)55)12-8-14-36(38)47-26-10-24-45-30-17-21-32(22-18-30)49-51-42-53(4)27-28-54(42)5/h6-8,11-22,27-28H,1,9-10,23-26H2,2-5H3,(H3,43,44,46,47,50,56)/p+1. The third-order valence-electron chi connectivity index (χ3n) is 9.25. The third-order valence-corrected chi connectivity index (χ3v) is 9.25. The van der Waals surface area contributed by atoms with E-state index >= 15 is 0 Å². The Bertz CT molecular complexity index is 2250. The van der Waals surface area contributed by atoms with E-state index in [1.807, 2.05) is 108 Å². The minimum atomic E-state index is -0.166. The number of aromatic nitrogens is 2. The van der Waals surface area contributed by atoms with Crippen LogP contribution in [0.4, 0.5) is 40.1 Å². The van der Waals surface area contributed by atoms with E-state index < -0.39 is 0 Å². The van der Waals surface area contributed by atoms with Gasteiger partial charge in [-0.05, 0) is 79.7 Å². The van der Waals surface area contributed by atoms with Crippen molar-refractivity contribution in [3.05, 3.63) is 132 Å². The lowest BCUT2D eigenvalue weighted by molar-refractivity contribution is -0.657. The largest absolute Gasteiger partial charge is 0.421 e. The SMILES string of the molecule is C=CN(C)C(N=Nc1ccc(NCCCNc2cccc3c2C(=O)c2c(NCCCNc4ccc(N=Nc5n(C)cc[n+]5C)cc4)cccc2C3=O)cc1)=NC. The van der Waals surface area contributed by atoms with Crippen molar-refractivity contribution < 1.29 is 14.2 Å². The van der Waals surface area contributed by atoms with Gasteiger partial charge in [-0.15, -0.1) is 10.2 Å². The number of benzene rings is 4. The van der Waals surface area contributed by atoms with Gasteiger partial charge in [0.05, 0.1) is 43.3 Å². The summed E-state index contributed by atoms with van der Waals surface area (Å²) in [4.78, 5) is 33.6. The van der Waals surface area contributed by atoms with Crippen molar-refractivity contribution >= 4 is 57.6 Å². The molecule has 0 amide bonds. The zero-order valence-electron chi connectivity index (χ0n) is 32.2. The first-order valence-corrected chi connectivity index (χ1v) is 18.4. The summed E-state index contributed by atoms with van der Waals surface area (Å²) in [5.41, 5.74) is 6.36. The molecule has 0 bridgehead atoms. The number of carbonyl (C=O) groups excluding carboxylic acids is 2. The Morgan fingerprint density at radius 3 is 1.73 bits per heavy atom. The van der Waals surface area contributed by atoms with Crippen LogP contribution in [0.5, 0.6) is 0 Å². The first-order valence-electron chi connectivity index (χ1n) is 18.4. The second-order valence-corrected chi connectivity index (χ2v) is 13.2. The van der Waals surface area contributed by atoms with Gasteiger partial charge in [0, 0.05) is 79.3 Å². The number of nitrogens with zero attached hydrogens (tertiary/aromatic N) is 8. The molecule has 0 unspecified atom stereocenters. The lowest BCUT2D eigenvalue weighted by atomic mass is 9.82. The number of fused-ring (bicyclic) bond motifs is 2. The summed E-state index contributed by atoms with van der Waals surface area (Å²) in [6, 6.07) is 26.2. The minimum absolute atomic E-state index is 0.153. The zero-order chi connectivity index (χ0) is 39.4. The van der Waals surface area contributed by atoms with Crippen molar-refractivity contribution in [2.24, 2.45) is 39.5 Å². The predicted molar refractivity (Wildman–Crippen MR) is 222 cm³/mol. The smallest absolute Gasteiger partial charge is 0.385 e. The maximum atomic E-state index is 14.1. The molecule has 0 saturated heterocycles. The van der Waals surface area contributed by atoms with Crippen LogP contribution in [0.15, 0.2) is 136 Å². The van der Waals surface area contributed by atoms with Gasteiger partial charge >= 0.3 is 5.95 Å². The molecular formula is C42H47N12O2+. The molecule has 0 radical (unpaired) electrons. The number of ketones is 2. The molecule has 0 aliphatic heterocycles. The van der Waals surface area contributed by atoms with Gasteiger partial charge in [0.25, 0.3) is 0 Å². The molecule has 0 saturated carbocycles. The summed E-state index contributed by atoms with van der Waals surface area (Å²) in [5, 5.41) is 30.8. The van der Waals surface area contributed by atoms with E-state index in [2.05, 4.69) is 53.3 Å². The van der Waals surface area contributed by atoms with Crippen molar-refractivity contribution in [1.29, 1.82) is 0 Å². The van der Waals surface area contributed by atoms with E-state index in [1.54, 1.807) is 37.3 Å². The van der Waals surface area contributed by atoms with Crippen LogP contribution in [0.25, 0.3) is 0 Å². The number of carbonyl (C=O) groups is 2. The van der Waals surface area contributed by atoms with E-state index in [9.17, 15) is 9.59 Å². The Labute approximate surface area is 326 Å². The molecule has 5 aromatic rings. The monoisotopic (exact) mass is 751 g/mol. The molecule has 0 spiro atoms. The average molecular weight is 752 g/mol. The summed E-state index contributed by atoms with van der Waals surface area (Å²) in [5.74, 6) is 0.890. The van der Waals surface area contributed by atoms with E-state index in [0.29, 0.717) is 71.5 Å². The molecule has 4 aromatic carbocycles. The molecule has 286 valence electrons.